The number of thioether (sulfide) groups is 1. The van der Waals surface area contributed by atoms with E-state index in [0.717, 1.165) is 11.8 Å². The van der Waals surface area contributed by atoms with Gasteiger partial charge in [0.2, 0.25) is 0 Å². The van der Waals surface area contributed by atoms with E-state index in [9.17, 15) is 13.2 Å². The van der Waals surface area contributed by atoms with Crippen LogP contribution in [0.2, 0.25) is 0 Å². The van der Waals surface area contributed by atoms with Crippen molar-refractivity contribution in [3.63, 3.8) is 0 Å². The highest BCUT2D eigenvalue weighted by molar-refractivity contribution is 7.99. The minimum absolute atomic E-state index is 0.154. The largest absolute Gasteiger partial charge is 0.481 e. The van der Waals surface area contributed by atoms with Crippen LogP contribution in [0.1, 0.15) is 0 Å². The van der Waals surface area contributed by atoms with Gasteiger partial charge in [0.05, 0.1) is 22.0 Å². The first kappa shape index (κ1) is 18.0. The maximum Gasteiger partial charge on any atom is 0.313 e. The molecule has 2 aromatic carbocycles. The van der Waals surface area contributed by atoms with E-state index in [4.69, 9.17) is 5.11 Å². The number of carboxylic acids is 1. The molecule has 0 aliphatic heterocycles. The lowest BCUT2D eigenvalue weighted by atomic mass is 10.3. The summed E-state index contributed by atoms with van der Waals surface area (Å²) in [6.45, 7) is 0. The molecule has 0 saturated carbocycles. The maximum absolute atomic E-state index is 12.4. The van der Waals surface area contributed by atoms with Gasteiger partial charge in [-0.25, -0.2) is 8.42 Å². The van der Waals surface area contributed by atoms with Gasteiger partial charge in [0.25, 0.3) is 10.0 Å². The monoisotopic (exact) mass is 390 g/mol. The SMILES string of the molecule is O=C(O)CSc1nncn1-c1cccc(NS(=O)(=O)c2ccccc2)c1. The smallest absolute Gasteiger partial charge is 0.313 e. The average Bonchev–Trinajstić information content (AvgIpc) is 3.09. The van der Waals surface area contributed by atoms with Crippen molar-refractivity contribution in [3.05, 3.63) is 60.9 Å². The molecule has 2 N–H and O–H groups in total. The summed E-state index contributed by atoms with van der Waals surface area (Å²) in [4.78, 5) is 10.9. The molecule has 1 heterocycles. The Morgan fingerprint density at radius 3 is 2.65 bits per heavy atom. The third-order valence-corrected chi connectivity index (χ3v) is 5.60. The number of carbonyl (C=O) groups is 1. The summed E-state index contributed by atoms with van der Waals surface area (Å²) in [6.07, 6.45) is 1.44. The molecule has 1 aromatic heterocycles. The predicted octanol–water partition coefficient (Wildman–Crippen LogP) is 2.24. The number of aliphatic carboxylic acids is 1. The van der Waals surface area contributed by atoms with E-state index in [1.165, 1.54) is 18.5 Å². The Kier molecular flexibility index (Phi) is 5.24. The van der Waals surface area contributed by atoms with Gasteiger partial charge in [0, 0.05) is 0 Å². The standard InChI is InChI=1S/C16H14N4O4S2/c21-15(22)10-25-16-18-17-11-20(16)13-6-4-5-12(9-13)19-26(23,24)14-7-2-1-3-8-14/h1-9,11,19H,10H2,(H,21,22). The van der Waals surface area contributed by atoms with E-state index in [1.54, 1.807) is 47.0 Å². The van der Waals surface area contributed by atoms with Crippen molar-refractivity contribution in [2.24, 2.45) is 0 Å². The van der Waals surface area contributed by atoms with Crippen LogP contribution in [-0.2, 0) is 14.8 Å². The Hall–Kier alpha value is -2.85. The van der Waals surface area contributed by atoms with Crippen LogP contribution in [-0.4, -0.2) is 40.0 Å². The normalized spacial score (nSPS) is 11.2. The van der Waals surface area contributed by atoms with Gasteiger partial charge >= 0.3 is 5.97 Å². The molecule has 0 spiro atoms. The molecule has 0 radical (unpaired) electrons. The first-order chi connectivity index (χ1) is 12.5. The fraction of sp³-hybridized carbons (Fsp3) is 0.0625. The van der Waals surface area contributed by atoms with Gasteiger partial charge < -0.3 is 5.11 Å². The van der Waals surface area contributed by atoms with E-state index in [1.807, 2.05) is 0 Å². The summed E-state index contributed by atoms with van der Waals surface area (Å²) < 4.78 is 29.0. The molecule has 0 atom stereocenters. The first-order valence-electron chi connectivity index (χ1n) is 7.38. The van der Waals surface area contributed by atoms with Crippen LogP contribution in [0.4, 0.5) is 5.69 Å². The van der Waals surface area contributed by atoms with Crippen molar-refractivity contribution in [1.29, 1.82) is 0 Å². The van der Waals surface area contributed by atoms with E-state index in [0.29, 0.717) is 16.5 Å². The van der Waals surface area contributed by atoms with E-state index in [2.05, 4.69) is 14.9 Å². The number of nitrogens with one attached hydrogen (secondary N) is 1. The van der Waals surface area contributed by atoms with Crippen LogP contribution in [0.5, 0.6) is 0 Å². The second-order valence-corrected chi connectivity index (χ2v) is 7.76. The van der Waals surface area contributed by atoms with Gasteiger partial charge in [-0.3, -0.25) is 14.1 Å². The number of carboxylic acid groups (broad SMARTS) is 1. The Labute approximate surface area is 153 Å². The van der Waals surface area contributed by atoms with Crippen molar-refractivity contribution in [3.8, 4) is 5.69 Å². The summed E-state index contributed by atoms with van der Waals surface area (Å²) in [5.41, 5.74) is 0.977. The Balaban J connectivity index is 1.86. The molecule has 0 saturated heterocycles. The lowest BCUT2D eigenvalue weighted by Crippen LogP contribution is -2.13. The molecule has 0 fully saturated rings. The van der Waals surface area contributed by atoms with Crippen LogP contribution in [0, 0.1) is 0 Å². The highest BCUT2D eigenvalue weighted by atomic mass is 32.2. The number of nitrogens with zero attached hydrogens (tertiary/aromatic N) is 3. The van der Waals surface area contributed by atoms with Crippen LogP contribution in [0.25, 0.3) is 5.69 Å². The summed E-state index contributed by atoms with van der Waals surface area (Å²) in [7, 11) is -3.70. The lowest BCUT2D eigenvalue weighted by Gasteiger charge is -2.10. The molecule has 8 nitrogen and oxygen atoms in total. The Morgan fingerprint density at radius 1 is 1.15 bits per heavy atom. The number of sulfonamides is 1. The summed E-state index contributed by atoms with van der Waals surface area (Å²) in [5.74, 6) is -1.12. The van der Waals surface area contributed by atoms with Crippen LogP contribution >= 0.6 is 11.8 Å². The molecule has 3 rings (SSSR count). The van der Waals surface area contributed by atoms with Crippen molar-refractivity contribution < 1.29 is 18.3 Å². The van der Waals surface area contributed by atoms with Crippen molar-refractivity contribution in [1.82, 2.24) is 14.8 Å². The number of anilines is 1. The highest BCUT2D eigenvalue weighted by Crippen LogP contribution is 2.23. The lowest BCUT2D eigenvalue weighted by molar-refractivity contribution is -0.133. The summed E-state index contributed by atoms with van der Waals surface area (Å²) in [5, 5.41) is 16.9. The average molecular weight is 390 g/mol. The molecular weight excluding hydrogens is 376 g/mol. The molecule has 0 bridgehead atoms. The van der Waals surface area contributed by atoms with Crippen LogP contribution < -0.4 is 4.72 Å². The van der Waals surface area contributed by atoms with Gasteiger partial charge in [0.1, 0.15) is 6.33 Å². The quantitative estimate of drug-likeness (QED) is 0.595. The van der Waals surface area contributed by atoms with Crippen molar-refractivity contribution >= 4 is 33.4 Å². The molecule has 26 heavy (non-hydrogen) atoms. The zero-order valence-corrected chi connectivity index (χ0v) is 14.9. The number of benzene rings is 2. The van der Waals surface area contributed by atoms with E-state index < -0.39 is 16.0 Å². The fourth-order valence-electron chi connectivity index (χ4n) is 2.16. The maximum atomic E-state index is 12.4. The Bertz CT molecular complexity index is 1020. The topological polar surface area (TPSA) is 114 Å². The molecule has 134 valence electrons. The van der Waals surface area contributed by atoms with Crippen LogP contribution in [0.15, 0.2) is 71.0 Å². The minimum Gasteiger partial charge on any atom is -0.481 e. The summed E-state index contributed by atoms with van der Waals surface area (Å²) >= 11 is 1.02. The first-order valence-corrected chi connectivity index (χ1v) is 9.85. The van der Waals surface area contributed by atoms with Gasteiger partial charge in [-0.15, -0.1) is 10.2 Å². The minimum atomic E-state index is -3.70. The number of rotatable bonds is 7. The zero-order valence-electron chi connectivity index (χ0n) is 13.3. The Morgan fingerprint density at radius 2 is 1.92 bits per heavy atom. The van der Waals surface area contributed by atoms with Crippen molar-refractivity contribution in [2.45, 2.75) is 10.1 Å². The highest BCUT2D eigenvalue weighted by Gasteiger charge is 2.15. The van der Waals surface area contributed by atoms with Gasteiger partial charge in [-0.2, -0.15) is 0 Å². The molecule has 0 aliphatic rings. The molecule has 3 aromatic rings. The zero-order chi connectivity index (χ0) is 18.6. The molecular formula is C16H14N4O4S2. The van der Waals surface area contributed by atoms with Gasteiger partial charge in [0.15, 0.2) is 5.16 Å². The number of aromatic nitrogens is 3. The summed E-state index contributed by atoms with van der Waals surface area (Å²) in [6, 6.07) is 14.7. The number of hydrogen-bond donors (Lipinski definition) is 2. The second kappa shape index (κ2) is 7.58. The molecule has 0 aliphatic carbocycles. The van der Waals surface area contributed by atoms with Crippen LogP contribution in [0.3, 0.4) is 0 Å². The second-order valence-electron chi connectivity index (χ2n) is 5.13. The third kappa shape index (κ3) is 4.21. The van der Waals surface area contributed by atoms with Gasteiger partial charge in [-0.1, -0.05) is 36.0 Å². The molecule has 0 unspecified atom stereocenters. The van der Waals surface area contributed by atoms with E-state index in [-0.39, 0.29) is 10.6 Å². The number of hydrogen-bond acceptors (Lipinski definition) is 6. The predicted molar refractivity (Wildman–Crippen MR) is 97.0 cm³/mol. The molecule has 0 amide bonds. The van der Waals surface area contributed by atoms with Gasteiger partial charge in [-0.05, 0) is 30.3 Å². The fourth-order valence-corrected chi connectivity index (χ4v) is 3.88. The molecule has 10 heteroatoms. The third-order valence-electron chi connectivity index (χ3n) is 3.27. The van der Waals surface area contributed by atoms with E-state index >= 15 is 0 Å². The van der Waals surface area contributed by atoms with Crippen molar-refractivity contribution in [2.75, 3.05) is 10.5 Å².